The molecule has 0 atom stereocenters. The largest absolute Gasteiger partial charge is 0.348 e. The molecule has 0 aromatic rings. The van der Waals surface area contributed by atoms with E-state index in [1.807, 2.05) is 0 Å². The molecule has 0 saturated heterocycles. The van der Waals surface area contributed by atoms with Crippen LogP contribution in [0, 0.1) is 0 Å². The quantitative estimate of drug-likeness (QED) is 0.341. The first-order valence-corrected chi connectivity index (χ1v) is 4.32. The fourth-order valence-corrected chi connectivity index (χ4v) is 1.20. The van der Waals surface area contributed by atoms with Gasteiger partial charge in [-0.25, -0.2) is 0 Å². The highest BCUT2D eigenvalue weighted by molar-refractivity contribution is 7.99. The predicted molar refractivity (Wildman–Crippen MR) is 36.3 cm³/mol. The van der Waals surface area contributed by atoms with Crippen LogP contribution in [0.4, 0.5) is 0 Å². The Kier molecular flexibility index (Phi) is 7.03. The Morgan fingerprint density at radius 2 is 1.00 bits per heavy atom. The van der Waals surface area contributed by atoms with E-state index in [-0.39, 0.29) is 12.3 Å². The third-order valence-electron chi connectivity index (χ3n) is 0.211. The molecule has 0 aliphatic rings. The van der Waals surface area contributed by atoms with Gasteiger partial charge in [0.05, 0.1) is 0 Å². The Labute approximate surface area is 63.7 Å². The molecule has 0 fully saturated rings. The summed E-state index contributed by atoms with van der Waals surface area (Å²) in [4.78, 5) is 0. The molecule has 11 heavy (non-hydrogen) atoms. The van der Waals surface area contributed by atoms with Gasteiger partial charge in [0.1, 0.15) is 0 Å². The summed E-state index contributed by atoms with van der Waals surface area (Å²) in [5.41, 5.74) is 0. The maximum absolute atomic E-state index is 9.55. The van der Waals surface area contributed by atoms with Gasteiger partial charge in [0.2, 0.25) is 0 Å². The SMILES string of the molecule is N.N.O=S(=O)(O)NS(=O)(=O)O. The van der Waals surface area contributed by atoms with Gasteiger partial charge < -0.3 is 12.3 Å². The van der Waals surface area contributed by atoms with Gasteiger partial charge >= 0.3 is 20.6 Å². The molecule has 0 aromatic heterocycles. The molecule has 0 rings (SSSR count). The fraction of sp³-hybridized carbons (Fsp3) is 0. The van der Waals surface area contributed by atoms with Crippen molar-refractivity contribution in [1.29, 1.82) is 0 Å². The van der Waals surface area contributed by atoms with Crippen molar-refractivity contribution in [2.24, 2.45) is 0 Å². The third-order valence-corrected chi connectivity index (χ3v) is 1.90. The number of rotatable bonds is 2. The Morgan fingerprint density at radius 3 is 1.00 bits per heavy atom. The lowest BCUT2D eigenvalue weighted by Crippen LogP contribution is -2.28. The van der Waals surface area contributed by atoms with Crippen LogP contribution >= 0.6 is 0 Å². The van der Waals surface area contributed by atoms with E-state index in [2.05, 4.69) is 0 Å². The Balaban J connectivity index is -0.000000320. The standard InChI is InChI=1S/H3NO6S2.2H3N/c2-8(3,4)1-9(5,6)7;;/h1H,(H,2,3,4)(H,5,6,7);2*1H3. The highest BCUT2D eigenvalue weighted by Crippen LogP contribution is 1.77. The zero-order valence-electron chi connectivity index (χ0n) is 5.26. The van der Waals surface area contributed by atoms with Crippen molar-refractivity contribution in [2.75, 3.05) is 0 Å². The van der Waals surface area contributed by atoms with Crippen LogP contribution in [0.2, 0.25) is 0 Å². The second kappa shape index (κ2) is 4.55. The lowest BCUT2D eigenvalue weighted by Gasteiger charge is -1.91. The van der Waals surface area contributed by atoms with E-state index in [9.17, 15) is 16.8 Å². The molecular weight excluding hydrogens is 202 g/mol. The molecule has 0 aromatic carbocycles. The summed E-state index contributed by atoms with van der Waals surface area (Å²) < 4.78 is 54.1. The number of hydrogen-bond donors (Lipinski definition) is 5. The minimum absolute atomic E-state index is 0. The van der Waals surface area contributed by atoms with Crippen molar-refractivity contribution in [3.8, 4) is 0 Å². The molecule has 0 aliphatic carbocycles. The first-order chi connectivity index (χ1) is 3.71. The molecule has 0 saturated carbocycles. The highest BCUT2D eigenvalue weighted by atomic mass is 32.3. The minimum Gasteiger partial charge on any atom is -0.344 e. The van der Waals surface area contributed by atoms with E-state index in [0.717, 1.165) is 0 Å². The zero-order valence-corrected chi connectivity index (χ0v) is 6.89. The first kappa shape index (κ1) is 17.0. The van der Waals surface area contributed by atoms with E-state index < -0.39 is 20.6 Å². The summed E-state index contributed by atoms with van der Waals surface area (Å²) in [6.45, 7) is 0. The van der Waals surface area contributed by atoms with E-state index in [4.69, 9.17) is 9.11 Å². The van der Waals surface area contributed by atoms with E-state index in [1.165, 1.54) is 0 Å². The molecule has 0 heterocycles. The van der Waals surface area contributed by atoms with Crippen LogP contribution in [0.1, 0.15) is 0 Å². The van der Waals surface area contributed by atoms with Crippen molar-refractivity contribution >= 4 is 20.6 Å². The summed E-state index contributed by atoms with van der Waals surface area (Å²) in [7, 11) is -9.74. The molecule has 0 amide bonds. The molecule has 0 unspecified atom stereocenters. The predicted octanol–water partition coefficient (Wildman–Crippen LogP) is -1.49. The van der Waals surface area contributed by atoms with Gasteiger partial charge in [-0.05, 0) is 0 Å². The molecule has 0 aliphatic heterocycles. The molecule has 0 radical (unpaired) electrons. The van der Waals surface area contributed by atoms with Crippen molar-refractivity contribution in [1.82, 2.24) is 16.4 Å². The summed E-state index contributed by atoms with van der Waals surface area (Å²) in [6.07, 6.45) is 0. The fourth-order valence-electron chi connectivity index (χ4n) is 0.133. The van der Waals surface area contributed by atoms with Gasteiger partial charge in [0, 0.05) is 0 Å². The minimum atomic E-state index is -4.87. The zero-order chi connectivity index (χ0) is 7.71. The summed E-state index contributed by atoms with van der Waals surface area (Å²) in [6, 6.07) is 0. The van der Waals surface area contributed by atoms with Gasteiger partial charge in [-0.3, -0.25) is 9.11 Å². The van der Waals surface area contributed by atoms with Crippen LogP contribution in [-0.4, -0.2) is 25.9 Å². The normalized spacial score (nSPS) is 11.1. The summed E-state index contributed by atoms with van der Waals surface area (Å²) >= 11 is 0. The maximum Gasteiger partial charge on any atom is 0.348 e. The van der Waals surface area contributed by atoms with Crippen molar-refractivity contribution in [3.63, 3.8) is 0 Å². The summed E-state index contributed by atoms with van der Waals surface area (Å²) in [5, 5.41) is 0. The third kappa shape index (κ3) is 17.7. The Bertz CT molecular complexity index is 241. The van der Waals surface area contributed by atoms with E-state index >= 15 is 0 Å². The van der Waals surface area contributed by atoms with Crippen molar-refractivity contribution < 1.29 is 25.9 Å². The number of nitrogens with one attached hydrogen (secondary N) is 1. The molecule has 72 valence electrons. The van der Waals surface area contributed by atoms with Crippen LogP contribution in [0.5, 0.6) is 0 Å². The van der Waals surface area contributed by atoms with Gasteiger partial charge in [-0.2, -0.15) is 16.8 Å². The lowest BCUT2D eigenvalue weighted by molar-refractivity contribution is 0.456. The Hall–Kier alpha value is -0.300. The van der Waals surface area contributed by atoms with Crippen molar-refractivity contribution in [3.05, 3.63) is 0 Å². The second-order valence-electron chi connectivity index (χ2n) is 1.03. The van der Waals surface area contributed by atoms with Crippen molar-refractivity contribution in [2.45, 2.75) is 0 Å². The molecule has 0 spiro atoms. The van der Waals surface area contributed by atoms with E-state index in [1.54, 1.807) is 0 Å². The molecule has 9 nitrogen and oxygen atoms in total. The van der Waals surface area contributed by atoms with Crippen LogP contribution in [0.15, 0.2) is 0 Å². The maximum atomic E-state index is 9.55. The smallest absolute Gasteiger partial charge is 0.344 e. The Morgan fingerprint density at radius 1 is 0.818 bits per heavy atom. The summed E-state index contributed by atoms with van der Waals surface area (Å²) in [5.74, 6) is 0. The van der Waals surface area contributed by atoms with Crippen LogP contribution in [-0.2, 0) is 20.6 Å². The average molecular weight is 211 g/mol. The average Bonchev–Trinajstić information content (AvgIpc) is 1.14. The van der Waals surface area contributed by atoms with Gasteiger partial charge in [-0.15, -0.1) is 0 Å². The number of hydrogen-bond acceptors (Lipinski definition) is 6. The first-order valence-electron chi connectivity index (χ1n) is 1.44. The topological polar surface area (TPSA) is 191 Å². The van der Waals surface area contributed by atoms with Crippen LogP contribution in [0.25, 0.3) is 0 Å². The van der Waals surface area contributed by atoms with Gasteiger partial charge in [0.25, 0.3) is 0 Å². The monoisotopic (exact) mass is 211 g/mol. The highest BCUT2D eigenvalue weighted by Gasteiger charge is 2.12. The molecule has 0 bridgehead atoms. The van der Waals surface area contributed by atoms with Gasteiger partial charge in [0.15, 0.2) is 0 Å². The molecule has 11 heteroatoms. The van der Waals surface area contributed by atoms with E-state index in [0.29, 0.717) is 4.13 Å². The van der Waals surface area contributed by atoms with Crippen LogP contribution in [0.3, 0.4) is 0 Å². The second-order valence-corrected chi connectivity index (χ2v) is 3.60. The lowest BCUT2D eigenvalue weighted by atomic mass is 13.9. The molecule has 9 N–H and O–H groups in total. The van der Waals surface area contributed by atoms with Gasteiger partial charge in [-0.1, -0.05) is 4.13 Å². The van der Waals surface area contributed by atoms with Crippen LogP contribution < -0.4 is 16.4 Å². The molecular formula is H9N3O6S2.